The largest absolute Gasteiger partial charge is 0.493 e. The molecule has 2 heterocycles. The second-order valence-corrected chi connectivity index (χ2v) is 6.65. The van der Waals surface area contributed by atoms with Crippen LogP contribution >= 0.6 is 0 Å². The number of nitro groups is 1. The molecule has 4 aromatic rings. The van der Waals surface area contributed by atoms with Crippen LogP contribution in [0.4, 0.5) is 5.69 Å². The van der Waals surface area contributed by atoms with Crippen molar-refractivity contribution in [2.45, 2.75) is 6.92 Å². The van der Waals surface area contributed by atoms with Crippen LogP contribution in [0.15, 0.2) is 68.5 Å². The van der Waals surface area contributed by atoms with E-state index < -0.39 is 10.8 Å². The minimum Gasteiger partial charge on any atom is -0.493 e. The van der Waals surface area contributed by atoms with Crippen molar-refractivity contribution in [2.75, 3.05) is 7.11 Å². The monoisotopic (exact) mass is 419 g/mol. The summed E-state index contributed by atoms with van der Waals surface area (Å²) < 4.78 is 16.4. The normalized spacial score (nSPS) is 11.2. The number of aryl methyl sites for hydroxylation is 1. The van der Waals surface area contributed by atoms with E-state index in [0.29, 0.717) is 34.0 Å². The maximum absolute atomic E-state index is 12.3. The average molecular weight is 419 g/mol. The highest BCUT2D eigenvalue weighted by atomic mass is 16.6. The van der Waals surface area contributed by atoms with Crippen LogP contribution in [-0.4, -0.2) is 24.2 Å². The summed E-state index contributed by atoms with van der Waals surface area (Å²) in [7, 11) is 1.52. The number of carbonyl (C=O) groups is 1. The number of nitrogens with zero attached hydrogens (tertiary/aromatic N) is 2. The van der Waals surface area contributed by atoms with Gasteiger partial charge in [0.25, 0.3) is 5.69 Å². The summed E-state index contributed by atoms with van der Waals surface area (Å²) in [6.07, 6.45) is 1.33. The summed E-state index contributed by atoms with van der Waals surface area (Å²) in [6, 6.07) is 15.1. The van der Waals surface area contributed by atoms with Gasteiger partial charge in [0.2, 0.25) is 0 Å². The molecule has 0 bridgehead atoms. The van der Waals surface area contributed by atoms with Gasteiger partial charge < -0.3 is 13.6 Å². The molecule has 0 saturated carbocycles. The smallest absolute Gasteiger partial charge is 0.307 e. The Labute approximate surface area is 176 Å². The molecule has 0 unspecified atom stereocenters. The van der Waals surface area contributed by atoms with Gasteiger partial charge in [0.1, 0.15) is 11.5 Å². The second-order valence-electron chi connectivity index (χ2n) is 6.65. The number of rotatable bonds is 6. The topological polar surface area (TPSA) is 120 Å². The van der Waals surface area contributed by atoms with E-state index in [0.717, 1.165) is 5.39 Å². The lowest BCUT2D eigenvalue weighted by molar-refractivity contribution is -0.385. The molecule has 0 radical (unpaired) electrons. The zero-order valence-corrected chi connectivity index (χ0v) is 16.6. The Kier molecular flexibility index (Phi) is 5.23. The van der Waals surface area contributed by atoms with Gasteiger partial charge in [-0.25, -0.2) is 5.43 Å². The van der Waals surface area contributed by atoms with Crippen molar-refractivity contribution in [2.24, 2.45) is 5.10 Å². The van der Waals surface area contributed by atoms with Crippen molar-refractivity contribution in [1.29, 1.82) is 0 Å². The third-order valence-corrected chi connectivity index (χ3v) is 4.63. The van der Waals surface area contributed by atoms with Gasteiger partial charge in [-0.15, -0.1) is 0 Å². The molecule has 156 valence electrons. The number of hydrogen-bond donors (Lipinski definition) is 1. The van der Waals surface area contributed by atoms with Crippen molar-refractivity contribution in [1.82, 2.24) is 5.43 Å². The molecule has 9 nitrogen and oxygen atoms in total. The highest BCUT2D eigenvalue weighted by Crippen LogP contribution is 2.29. The van der Waals surface area contributed by atoms with E-state index in [2.05, 4.69) is 10.5 Å². The first-order valence-electron chi connectivity index (χ1n) is 9.21. The Hall–Kier alpha value is -4.40. The molecule has 9 heteroatoms. The fourth-order valence-corrected chi connectivity index (χ4v) is 3.06. The Bertz CT molecular complexity index is 1320. The van der Waals surface area contributed by atoms with Crippen LogP contribution in [0, 0.1) is 17.0 Å². The van der Waals surface area contributed by atoms with Gasteiger partial charge in [-0.1, -0.05) is 24.3 Å². The number of nitrogens with one attached hydrogen (secondary N) is 1. The molecule has 4 rings (SSSR count). The van der Waals surface area contributed by atoms with Gasteiger partial charge in [-0.2, -0.15) is 5.10 Å². The van der Waals surface area contributed by atoms with E-state index in [-0.39, 0.29) is 11.4 Å². The fourth-order valence-electron chi connectivity index (χ4n) is 3.06. The summed E-state index contributed by atoms with van der Waals surface area (Å²) >= 11 is 0. The van der Waals surface area contributed by atoms with Crippen LogP contribution < -0.4 is 10.2 Å². The lowest BCUT2D eigenvalue weighted by Gasteiger charge is -2.00. The molecule has 0 aliphatic rings. The average Bonchev–Trinajstić information content (AvgIpc) is 3.40. The molecule has 0 atom stereocenters. The maximum Gasteiger partial charge on any atom is 0.307 e. The van der Waals surface area contributed by atoms with Crippen molar-refractivity contribution in [3.8, 4) is 17.1 Å². The molecule has 0 aliphatic carbocycles. The number of hydrogen-bond acceptors (Lipinski definition) is 7. The van der Waals surface area contributed by atoms with Crippen LogP contribution in [0.1, 0.15) is 21.9 Å². The number of furan rings is 2. The van der Waals surface area contributed by atoms with Crippen LogP contribution in [-0.2, 0) is 0 Å². The summed E-state index contributed by atoms with van der Waals surface area (Å²) in [6.45, 7) is 1.67. The number of para-hydroxylation sites is 1. The van der Waals surface area contributed by atoms with E-state index in [9.17, 15) is 14.9 Å². The zero-order chi connectivity index (χ0) is 22.0. The standard InChI is InChI=1S/C22H17N3O6/c1-13-6-7-14(10-17(13)25(27)28)18-9-8-16(30-18)12-23-24-22(26)20-11-15-4-3-5-19(29-2)21(15)31-20/h3-12H,1-2H3,(H,24,26)/b23-12-. The van der Waals surface area contributed by atoms with Crippen molar-refractivity contribution in [3.63, 3.8) is 0 Å². The third kappa shape index (κ3) is 4.01. The second kappa shape index (κ2) is 8.15. The van der Waals surface area contributed by atoms with Gasteiger partial charge in [0.15, 0.2) is 17.1 Å². The molecule has 2 aromatic carbocycles. The number of fused-ring (bicyclic) bond motifs is 1. The maximum atomic E-state index is 12.3. The predicted octanol–water partition coefficient (Wildman–Crippen LogP) is 4.68. The van der Waals surface area contributed by atoms with Crippen LogP contribution in [0.5, 0.6) is 5.75 Å². The van der Waals surface area contributed by atoms with Gasteiger partial charge >= 0.3 is 5.91 Å². The van der Waals surface area contributed by atoms with E-state index in [1.165, 1.54) is 19.4 Å². The number of ether oxygens (including phenoxy) is 1. The fraction of sp³-hybridized carbons (Fsp3) is 0.0909. The zero-order valence-electron chi connectivity index (χ0n) is 16.6. The Morgan fingerprint density at radius 1 is 1.16 bits per heavy atom. The van der Waals surface area contributed by atoms with E-state index in [1.807, 2.05) is 0 Å². The highest BCUT2D eigenvalue weighted by Gasteiger charge is 2.15. The van der Waals surface area contributed by atoms with Crippen LogP contribution in [0.2, 0.25) is 0 Å². The van der Waals surface area contributed by atoms with Crippen LogP contribution in [0.3, 0.4) is 0 Å². The number of nitro benzene ring substituents is 1. The van der Waals surface area contributed by atoms with E-state index in [1.54, 1.807) is 55.5 Å². The Morgan fingerprint density at radius 3 is 2.77 bits per heavy atom. The number of carbonyl (C=O) groups excluding carboxylic acids is 1. The molecule has 1 amide bonds. The first-order valence-corrected chi connectivity index (χ1v) is 9.21. The Morgan fingerprint density at radius 2 is 2.00 bits per heavy atom. The number of methoxy groups -OCH3 is 1. The molecule has 31 heavy (non-hydrogen) atoms. The summed E-state index contributed by atoms with van der Waals surface area (Å²) in [5, 5.41) is 15.7. The lowest BCUT2D eigenvalue weighted by Crippen LogP contribution is -2.16. The Balaban J connectivity index is 1.47. The minimum atomic E-state index is -0.532. The highest BCUT2D eigenvalue weighted by molar-refractivity contribution is 5.97. The molecule has 0 aliphatic heterocycles. The van der Waals surface area contributed by atoms with Gasteiger partial charge in [-0.3, -0.25) is 14.9 Å². The summed E-state index contributed by atoms with van der Waals surface area (Å²) in [5.74, 6) is 0.892. The van der Waals surface area contributed by atoms with Crippen molar-refractivity contribution < 1.29 is 23.3 Å². The molecular formula is C22H17N3O6. The van der Waals surface area contributed by atoms with Crippen molar-refractivity contribution in [3.05, 3.63) is 81.8 Å². The molecule has 1 N–H and O–H groups in total. The molecule has 0 spiro atoms. The number of hydrazone groups is 1. The first kappa shape index (κ1) is 19.9. The van der Waals surface area contributed by atoms with Gasteiger partial charge in [-0.05, 0) is 31.2 Å². The SMILES string of the molecule is COc1cccc2cc(C(=O)N/N=C\c3ccc(-c4ccc(C)c([N+](=O)[O-])c4)o3)oc12. The van der Waals surface area contributed by atoms with Crippen LogP contribution in [0.25, 0.3) is 22.3 Å². The van der Waals surface area contributed by atoms with E-state index in [4.69, 9.17) is 13.6 Å². The molecule has 0 saturated heterocycles. The molecule has 0 fully saturated rings. The number of benzene rings is 2. The summed E-state index contributed by atoms with van der Waals surface area (Å²) in [5.41, 5.74) is 3.99. The van der Waals surface area contributed by atoms with Gasteiger partial charge in [0, 0.05) is 22.6 Å². The first-order chi connectivity index (χ1) is 15.0. The summed E-state index contributed by atoms with van der Waals surface area (Å²) in [4.78, 5) is 23.0. The minimum absolute atomic E-state index is 0.0128. The predicted molar refractivity (Wildman–Crippen MR) is 113 cm³/mol. The van der Waals surface area contributed by atoms with Crippen molar-refractivity contribution >= 4 is 28.8 Å². The quantitative estimate of drug-likeness (QED) is 0.275. The molecule has 2 aromatic heterocycles. The lowest BCUT2D eigenvalue weighted by atomic mass is 10.1. The van der Waals surface area contributed by atoms with E-state index >= 15 is 0 Å². The third-order valence-electron chi connectivity index (χ3n) is 4.63. The number of amides is 1. The van der Waals surface area contributed by atoms with Gasteiger partial charge in [0.05, 0.1) is 18.2 Å². The molecular weight excluding hydrogens is 402 g/mol.